The Hall–Kier alpha value is -1.64. The zero-order valence-corrected chi connectivity index (χ0v) is 11.1. The molecule has 0 saturated heterocycles. The summed E-state index contributed by atoms with van der Waals surface area (Å²) < 4.78 is 0. The normalized spacial score (nSPS) is 14.0. The van der Waals surface area contributed by atoms with Gasteiger partial charge in [-0.2, -0.15) is 0 Å². The van der Waals surface area contributed by atoms with Gasteiger partial charge in [0.1, 0.15) is 0 Å². The fraction of sp³-hybridized carbons (Fsp3) is 0.294. The van der Waals surface area contributed by atoms with Gasteiger partial charge in [-0.3, -0.25) is 0 Å². The van der Waals surface area contributed by atoms with Crippen LogP contribution in [0.4, 0.5) is 0 Å². The number of aliphatic hydroxyl groups excluding tert-OH is 1. The summed E-state index contributed by atoms with van der Waals surface area (Å²) in [6.07, 6.45) is 1.83. The van der Waals surface area contributed by atoms with Crippen LogP contribution in [0.25, 0.3) is 0 Å². The Morgan fingerprint density at radius 3 is 1.95 bits per heavy atom. The molecule has 1 unspecified atom stereocenters. The van der Waals surface area contributed by atoms with E-state index in [4.69, 9.17) is 5.73 Å². The first-order chi connectivity index (χ1) is 9.25. The summed E-state index contributed by atoms with van der Waals surface area (Å²) in [5, 5.41) is 10.1. The molecule has 19 heavy (non-hydrogen) atoms. The molecule has 2 rings (SSSR count). The Bertz CT molecular complexity index is 469. The van der Waals surface area contributed by atoms with E-state index in [0.29, 0.717) is 6.42 Å². The number of benzene rings is 2. The largest absolute Gasteiger partial charge is 0.391 e. The van der Waals surface area contributed by atoms with Crippen molar-refractivity contribution in [3.63, 3.8) is 0 Å². The molecular weight excluding hydrogens is 234 g/mol. The van der Waals surface area contributed by atoms with Gasteiger partial charge in [-0.25, -0.2) is 0 Å². The summed E-state index contributed by atoms with van der Waals surface area (Å²) in [5.74, 6) is 0. The van der Waals surface area contributed by atoms with Gasteiger partial charge in [0.25, 0.3) is 0 Å². The molecule has 0 aliphatic rings. The van der Waals surface area contributed by atoms with Crippen LogP contribution in [0.5, 0.6) is 0 Å². The average Bonchev–Trinajstić information content (AvgIpc) is 2.47. The highest BCUT2D eigenvalue weighted by Crippen LogP contribution is 2.10. The van der Waals surface area contributed by atoms with Crippen molar-refractivity contribution in [2.24, 2.45) is 5.73 Å². The highest BCUT2D eigenvalue weighted by molar-refractivity contribution is 5.17. The highest BCUT2D eigenvalue weighted by Gasteiger charge is 2.14. The second-order valence-corrected chi connectivity index (χ2v) is 4.95. The Morgan fingerprint density at radius 2 is 1.37 bits per heavy atom. The topological polar surface area (TPSA) is 46.2 Å². The summed E-state index contributed by atoms with van der Waals surface area (Å²) in [5.41, 5.74) is 8.48. The molecule has 2 aromatic carbocycles. The number of rotatable bonds is 6. The van der Waals surface area contributed by atoms with Crippen molar-refractivity contribution < 1.29 is 5.11 Å². The molecule has 0 saturated carbocycles. The number of nitrogens with two attached hydrogens (primary N) is 1. The molecule has 3 N–H and O–H groups in total. The van der Waals surface area contributed by atoms with Crippen LogP contribution in [-0.4, -0.2) is 17.3 Å². The van der Waals surface area contributed by atoms with Crippen LogP contribution in [-0.2, 0) is 12.8 Å². The van der Waals surface area contributed by atoms with Crippen LogP contribution in [0.1, 0.15) is 17.5 Å². The van der Waals surface area contributed by atoms with Crippen LogP contribution in [0.2, 0.25) is 0 Å². The predicted molar refractivity (Wildman–Crippen MR) is 78.9 cm³/mol. The number of aliphatic hydroxyl groups is 1. The lowest BCUT2D eigenvalue weighted by Gasteiger charge is -2.19. The second kappa shape index (κ2) is 7.07. The van der Waals surface area contributed by atoms with Gasteiger partial charge in [-0.15, -0.1) is 0 Å². The lowest BCUT2D eigenvalue weighted by Crippen LogP contribution is -2.36. The van der Waals surface area contributed by atoms with E-state index in [9.17, 15) is 5.11 Å². The molecule has 0 aliphatic carbocycles. The van der Waals surface area contributed by atoms with Gasteiger partial charge in [-0.05, 0) is 30.4 Å². The summed E-state index contributed by atoms with van der Waals surface area (Å²) in [6, 6.07) is 20.1. The zero-order chi connectivity index (χ0) is 13.5. The second-order valence-electron chi connectivity index (χ2n) is 4.95. The maximum absolute atomic E-state index is 10.1. The van der Waals surface area contributed by atoms with Crippen molar-refractivity contribution in [3.05, 3.63) is 71.8 Å². The van der Waals surface area contributed by atoms with Crippen molar-refractivity contribution in [1.82, 2.24) is 0 Å². The van der Waals surface area contributed by atoms with Crippen molar-refractivity contribution in [3.8, 4) is 0 Å². The third-order valence-corrected chi connectivity index (χ3v) is 3.38. The molecule has 0 amide bonds. The average molecular weight is 255 g/mol. The molecular formula is C17H21NO. The lowest BCUT2D eigenvalue weighted by molar-refractivity contribution is 0.135. The molecule has 100 valence electrons. The molecule has 0 aromatic heterocycles. The number of hydrogen-bond acceptors (Lipinski definition) is 2. The van der Waals surface area contributed by atoms with Gasteiger partial charge < -0.3 is 10.8 Å². The number of hydrogen-bond donors (Lipinski definition) is 2. The van der Waals surface area contributed by atoms with E-state index in [1.165, 1.54) is 11.1 Å². The Kier molecular flexibility index (Phi) is 5.13. The van der Waals surface area contributed by atoms with Crippen LogP contribution in [0.15, 0.2) is 60.7 Å². The van der Waals surface area contributed by atoms with Crippen molar-refractivity contribution in [2.75, 3.05) is 0 Å². The minimum absolute atomic E-state index is 0.203. The van der Waals surface area contributed by atoms with E-state index in [1.807, 2.05) is 48.5 Å². The Morgan fingerprint density at radius 1 is 0.842 bits per heavy atom. The van der Waals surface area contributed by atoms with E-state index >= 15 is 0 Å². The minimum Gasteiger partial charge on any atom is -0.391 e. The monoisotopic (exact) mass is 255 g/mol. The predicted octanol–water partition coefficient (Wildman–Crippen LogP) is 2.55. The quantitative estimate of drug-likeness (QED) is 0.833. The first-order valence-corrected chi connectivity index (χ1v) is 6.77. The van der Waals surface area contributed by atoms with Crippen LogP contribution < -0.4 is 5.73 Å². The van der Waals surface area contributed by atoms with Gasteiger partial charge in [0.2, 0.25) is 0 Å². The molecule has 2 heteroatoms. The summed E-state index contributed by atoms with van der Waals surface area (Å²) in [4.78, 5) is 0. The van der Waals surface area contributed by atoms with Crippen molar-refractivity contribution >= 4 is 0 Å². The van der Waals surface area contributed by atoms with E-state index in [2.05, 4.69) is 12.1 Å². The Labute approximate surface area is 114 Å². The van der Waals surface area contributed by atoms with Crippen molar-refractivity contribution in [1.29, 1.82) is 0 Å². The summed E-state index contributed by atoms with van der Waals surface area (Å²) >= 11 is 0. The van der Waals surface area contributed by atoms with Crippen LogP contribution in [0, 0.1) is 0 Å². The maximum Gasteiger partial charge on any atom is 0.0697 e. The van der Waals surface area contributed by atoms with E-state index in [0.717, 1.165) is 12.8 Å². The molecule has 0 radical (unpaired) electrons. The van der Waals surface area contributed by atoms with Gasteiger partial charge in [0.05, 0.1) is 6.10 Å². The van der Waals surface area contributed by atoms with E-state index in [-0.39, 0.29) is 6.04 Å². The van der Waals surface area contributed by atoms with Crippen LogP contribution in [0.3, 0.4) is 0 Å². The first kappa shape index (κ1) is 13.8. The van der Waals surface area contributed by atoms with E-state index in [1.54, 1.807) is 0 Å². The molecule has 0 bridgehead atoms. The number of aryl methyl sites for hydroxylation is 1. The standard InChI is InChI=1S/C17H21NO/c18-16(13-15-9-5-2-6-10-15)17(19)12-11-14-7-3-1-4-8-14/h1-10,16-17,19H,11-13,18H2/t16?,17-/m1/s1. The molecule has 2 nitrogen and oxygen atoms in total. The van der Waals surface area contributed by atoms with E-state index < -0.39 is 6.10 Å². The molecule has 0 fully saturated rings. The minimum atomic E-state index is -0.458. The smallest absolute Gasteiger partial charge is 0.0697 e. The van der Waals surface area contributed by atoms with Crippen molar-refractivity contribution in [2.45, 2.75) is 31.4 Å². The SMILES string of the molecule is NC(Cc1ccccc1)[C@H](O)CCc1ccccc1. The fourth-order valence-corrected chi connectivity index (χ4v) is 2.20. The van der Waals surface area contributed by atoms with Crippen LogP contribution >= 0.6 is 0 Å². The van der Waals surface area contributed by atoms with Gasteiger partial charge in [0, 0.05) is 6.04 Å². The molecule has 0 heterocycles. The zero-order valence-electron chi connectivity index (χ0n) is 11.1. The van der Waals surface area contributed by atoms with Gasteiger partial charge >= 0.3 is 0 Å². The molecule has 2 aromatic rings. The first-order valence-electron chi connectivity index (χ1n) is 6.77. The fourth-order valence-electron chi connectivity index (χ4n) is 2.20. The van der Waals surface area contributed by atoms with Gasteiger partial charge in [0.15, 0.2) is 0 Å². The summed E-state index contributed by atoms with van der Waals surface area (Å²) in [6.45, 7) is 0. The third-order valence-electron chi connectivity index (χ3n) is 3.38. The lowest BCUT2D eigenvalue weighted by atomic mass is 9.97. The molecule has 2 atom stereocenters. The third kappa shape index (κ3) is 4.51. The molecule has 0 aliphatic heterocycles. The Balaban J connectivity index is 1.81. The van der Waals surface area contributed by atoms with Gasteiger partial charge in [-0.1, -0.05) is 60.7 Å². The highest BCUT2D eigenvalue weighted by atomic mass is 16.3. The maximum atomic E-state index is 10.1. The molecule has 0 spiro atoms. The summed E-state index contributed by atoms with van der Waals surface area (Å²) in [7, 11) is 0.